The number of benzene rings is 1. The molecule has 9 heteroatoms. The topological polar surface area (TPSA) is 84.2 Å². The Morgan fingerprint density at radius 3 is 2.65 bits per heavy atom. The van der Waals surface area contributed by atoms with Crippen LogP contribution in [0, 0.1) is 24.2 Å². The SMILES string of the molecule is COc1cc(OC)c(Cl)c(-c2cc3cnc(SC)nc3c(N3CCC(C#N)C3)n2)c1C. The molecule has 0 aliphatic carbocycles. The predicted molar refractivity (Wildman–Crippen MR) is 123 cm³/mol. The summed E-state index contributed by atoms with van der Waals surface area (Å²) in [7, 11) is 3.19. The summed E-state index contributed by atoms with van der Waals surface area (Å²) in [5.74, 6) is 1.89. The predicted octanol–water partition coefficient (Wildman–Crippen LogP) is 4.74. The second-order valence-electron chi connectivity index (χ2n) is 7.28. The highest BCUT2D eigenvalue weighted by atomic mass is 35.5. The third-order valence-corrected chi connectivity index (χ3v) is 6.45. The van der Waals surface area contributed by atoms with E-state index in [1.807, 2.05) is 19.2 Å². The second kappa shape index (κ2) is 8.77. The molecular formula is C22H22ClN5O2S. The van der Waals surface area contributed by atoms with Crippen molar-refractivity contribution in [2.45, 2.75) is 18.5 Å². The number of methoxy groups -OCH3 is 2. The maximum absolute atomic E-state index is 9.38. The van der Waals surface area contributed by atoms with Crippen molar-refractivity contribution in [1.82, 2.24) is 15.0 Å². The molecule has 3 aromatic rings. The van der Waals surface area contributed by atoms with Crippen molar-refractivity contribution < 1.29 is 9.47 Å². The van der Waals surface area contributed by atoms with Gasteiger partial charge in [-0.15, -0.1) is 0 Å². The number of thioether (sulfide) groups is 1. The third kappa shape index (κ3) is 3.84. The van der Waals surface area contributed by atoms with Gasteiger partial charge in [0.1, 0.15) is 17.0 Å². The first-order chi connectivity index (χ1) is 15.0. The number of halogens is 1. The number of hydrogen-bond acceptors (Lipinski definition) is 8. The molecule has 0 bridgehead atoms. The smallest absolute Gasteiger partial charge is 0.187 e. The third-order valence-electron chi connectivity index (χ3n) is 5.52. The molecule has 1 atom stereocenters. The molecule has 1 aliphatic rings. The van der Waals surface area contributed by atoms with Crippen LogP contribution in [0.2, 0.25) is 5.02 Å². The van der Waals surface area contributed by atoms with E-state index >= 15 is 0 Å². The fourth-order valence-electron chi connectivity index (χ4n) is 3.88. The Morgan fingerprint density at radius 1 is 1.23 bits per heavy atom. The van der Waals surface area contributed by atoms with Crippen molar-refractivity contribution in [1.29, 1.82) is 5.26 Å². The Kier molecular flexibility index (Phi) is 6.08. The zero-order valence-corrected chi connectivity index (χ0v) is 19.3. The number of nitriles is 1. The average Bonchev–Trinajstić information content (AvgIpc) is 3.27. The number of anilines is 1. The number of rotatable bonds is 5. The molecule has 4 rings (SSSR count). The van der Waals surface area contributed by atoms with Gasteiger partial charge in [0.25, 0.3) is 0 Å². The summed E-state index contributed by atoms with van der Waals surface area (Å²) >= 11 is 8.20. The Bertz CT molecular complexity index is 1170. The minimum absolute atomic E-state index is 0.0235. The van der Waals surface area contributed by atoms with E-state index in [-0.39, 0.29) is 5.92 Å². The second-order valence-corrected chi connectivity index (χ2v) is 8.43. The average molecular weight is 456 g/mol. The number of ether oxygens (including phenoxy) is 2. The Balaban J connectivity index is 1.98. The van der Waals surface area contributed by atoms with E-state index in [0.29, 0.717) is 33.9 Å². The highest BCUT2D eigenvalue weighted by molar-refractivity contribution is 7.98. The number of aromatic nitrogens is 3. The van der Waals surface area contributed by atoms with Crippen LogP contribution in [-0.2, 0) is 0 Å². The lowest BCUT2D eigenvalue weighted by molar-refractivity contribution is 0.393. The van der Waals surface area contributed by atoms with Crippen LogP contribution in [0.5, 0.6) is 11.5 Å². The molecule has 31 heavy (non-hydrogen) atoms. The van der Waals surface area contributed by atoms with Crippen LogP contribution in [0.25, 0.3) is 22.2 Å². The molecule has 0 amide bonds. The summed E-state index contributed by atoms with van der Waals surface area (Å²) in [4.78, 5) is 16.3. The van der Waals surface area contributed by atoms with Crippen LogP contribution in [0.1, 0.15) is 12.0 Å². The molecule has 1 aliphatic heterocycles. The quantitative estimate of drug-likeness (QED) is 0.402. The summed E-state index contributed by atoms with van der Waals surface area (Å²) in [6.45, 7) is 3.31. The van der Waals surface area contributed by atoms with Crippen LogP contribution in [0.4, 0.5) is 5.82 Å². The van der Waals surface area contributed by atoms with Crippen molar-refractivity contribution in [3.8, 4) is 28.8 Å². The van der Waals surface area contributed by atoms with Gasteiger partial charge < -0.3 is 14.4 Å². The van der Waals surface area contributed by atoms with Gasteiger partial charge in [0, 0.05) is 41.9 Å². The zero-order chi connectivity index (χ0) is 22.1. The van der Waals surface area contributed by atoms with E-state index in [9.17, 15) is 5.26 Å². The fraction of sp³-hybridized carbons (Fsp3) is 0.364. The first kappa shape index (κ1) is 21.5. The lowest BCUT2D eigenvalue weighted by Crippen LogP contribution is -2.21. The Hall–Kier alpha value is -2.76. The van der Waals surface area contributed by atoms with Gasteiger partial charge in [-0.2, -0.15) is 5.26 Å². The van der Waals surface area contributed by atoms with Crippen LogP contribution < -0.4 is 14.4 Å². The number of hydrogen-bond donors (Lipinski definition) is 0. The minimum atomic E-state index is -0.0235. The van der Waals surface area contributed by atoms with Gasteiger partial charge in [-0.05, 0) is 25.7 Å². The Morgan fingerprint density at radius 2 is 2.00 bits per heavy atom. The van der Waals surface area contributed by atoms with Gasteiger partial charge in [0.2, 0.25) is 0 Å². The summed E-state index contributed by atoms with van der Waals surface area (Å²) < 4.78 is 11.0. The molecule has 3 heterocycles. The van der Waals surface area contributed by atoms with E-state index in [0.717, 1.165) is 40.8 Å². The molecule has 0 saturated carbocycles. The van der Waals surface area contributed by atoms with Crippen LogP contribution in [0.3, 0.4) is 0 Å². The van der Waals surface area contributed by atoms with Crippen LogP contribution >= 0.6 is 23.4 Å². The van der Waals surface area contributed by atoms with Crippen molar-refractivity contribution in [2.75, 3.05) is 38.5 Å². The molecule has 1 fully saturated rings. The first-order valence-electron chi connectivity index (χ1n) is 9.78. The highest BCUT2D eigenvalue weighted by Crippen LogP contribution is 2.43. The lowest BCUT2D eigenvalue weighted by Gasteiger charge is -2.21. The molecule has 0 spiro atoms. The van der Waals surface area contributed by atoms with Crippen molar-refractivity contribution >= 4 is 40.1 Å². The van der Waals surface area contributed by atoms with Gasteiger partial charge >= 0.3 is 0 Å². The standard InChI is InChI=1S/C22H22ClN5O2S/c1-12-16(29-2)8-17(30-3)19(23)18(12)15-7-14-10-25-22(31-4)27-20(14)21(26-15)28-6-5-13(9-24)11-28/h7-8,10,13H,5-6,11H2,1-4H3. The minimum Gasteiger partial charge on any atom is -0.496 e. The van der Waals surface area contributed by atoms with Crippen LogP contribution in [-0.4, -0.2) is 48.5 Å². The summed E-state index contributed by atoms with van der Waals surface area (Å²) in [5, 5.41) is 11.4. The van der Waals surface area contributed by atoms with Gasteiger partial charge in [0.15, 0.2) is 11.0 Å². The fourth-order valence-corrected chi connectivity index (χ4v) is 4.59. The number of nitrogens with zero attached hydrogens (tertiary/aromatic N) is 5. The summed E-state index contributed by atoms with van der Waals surface area (Å²) in [6, 6.07) is 6.08. The maximum atomic E-state index is 9.38. The van der Waals surface area contributed by atoms with Crippen LogP contribution in [0.15, 0.2) is 23.5 Å². The number of pyridine rings is 1. The van der Waals surface area contributed by atoms with E-state index in [2.05, 4.69) is 16.0 Å². The number of fused-ring (bicyclic) bond motifs is 1. The van der Waals surface area contributed by atoms with E-state index < -0.39 is 0 Å². The van der Waals surface area contributed by atoms with Crippen molar-refractivity contribution in [2.24, 2.45) is 5.92 Å². The van der Waals surface area contributed by atoms with Gasteiger partial charge in [-0.3, -0.25) is 0 Å². The Labute approximate surface area is 190 Å². The van der Waals surface area contributed by atoms with Gasteiger partial charge in [-0.1, -0.05) is 23.4 Å². The molecule has 0 radical (unpaired) electrons. The van der Waals surface area contributed by atoms with Crippen molar-refractivity contribution in [3.63, 3.8) is 0 Å². The molecule has 2 aromatic heterocycles. The highest BCUT2D eigenvalue weighted by Gasteiger charge is 2.27. The molecule has 1 unspecified atom stereocenters. The molecule has 0 N–H and O–H groups in total. The zero-order valence-electron chi connectivity index (χ0n) is 17.8. The molecular weight excluding hydrogens is 434 g/mol. The molecule has 7 nitrogen and oxygen atoms in total. The monoisotopic (exact) mass is 455 g/mol. The maximum Gasteiger partial charge on any atom is 0.187 e. The summed E-state index contributed by atoms with van der Waals surface area (Å²) in [5.41, 5.74) is 3.06. The largest absolute Gasteiger partial charge is 0.496 e. The molecule has 1 aromatic carbocycles. The lowest BCUT2D eigenvalue weighted by atomic mass is 10.0. The summed E-state index contributed by atoms with van der Waals surface area (Å²) in [6.07, 6.45) is 4.55. The van der Waals surface area contributed by atoms with Gasteiger partial charge in [0.05, 0.1) is 36.9 Å². The first-order valence-corrected chi connectivity index (χ1v) is 11.4. The van der Waals surface area contributed by atoms with Crippen molar-refractivity contribution in [3.05, 3.63) is 28.9 Å². The van der Waals surface area contributed by atoms with E-state index in [4.69, 9.17) is 31.0 Å². The molecule has 160 valence electrons. The van der Waals surface area contributed by atoms with E-state index in [1.54, 1.807) is 26.5 Å². The molecule has 1 saturated heterocycles. The normalized spacial score (nSPS) is 15.9. The van der Waals surface area contributed by atoms with Gasteiger partial charge in [-0.25, -0.2) is 15.0 Å². The van der Waals surface area contributed by atoms with E-state index in [1.165, 1.54) is 11.8 Å².